The number of rotatable bonds is 6. The maximum Gasteiger partial charge on any atom is 0.246 e. The van der Waals surface area contributed by atoms with Gasteiger partial charge >= 0.3 is 0 Å². The zero-order valence-electron chi connectivity index (χ0n) is 11.6. The molecule has 2 N–H and O–H groups in total. The van der Waals surface area contributed by atoms with E-state index < -0.39 is 56.7 Å². The van der Waals surface area contributed by atoms with Crippen LogP contribution in [0.4, 0.5) is 22.0 Å². The Morgan fingerprint density at radius 2 is 1.36 bits per heavy atom. The number of benzene rings is 1. The molecule has 0 spiro atoms. The van der Waals surface area contributed by atoms with Crippen molar-refractivity contribution in [3.8, 4) is 0 Å². The molecule has 1 atom stereocenters. The van der Waals surface area contributed by atoms with Crippen LogP contribution in [0, 0.1) is 35.0 Å². The number of sulfonamides is 1. The lowest BCUT2D eigenvalue weighted by Gasteiger charge is -2.15. The molecule has 1 aromatic carbocycles. The van der Waals surface area contributed by atoms with Crippen LogP contribution in [-0.4, -0.2) is 26.2 Å². The van der Waals surface area contributed by atoms with E-state index in [1.54, 1.807) is 18.6 Å². The van der Waals surface area contributed by atoms with Crippen molar-refractivity contribution in [1.82, 2.24) is 4.72 Å². The molecule has 4 nitrogen and oxygen atoms in total. The van der Waals surface area contributed by atoms with Gasteiger partial charge in [-0.05, 0) is 12.3 Å². The molecule has 0 saturated carbocycles. The van der Waals surface area contributed by atoms with E-state index >= 15 is 0 Å². The molecule has 0 amide bonds. The second-order valence-electron chi connectivity index (χ2n) is 5.03. The Kier molecular flexibility index (Phi) is 5.88. The predicted molar refractivity (Wildman–Crippen MR) is 66.9 cm³/mol. The molecule has 0 bridgehead atoms. The summed E-state index contributed by atoms with van der Waals surface area (Å²) in [4.78, 5) is -1.97. The van der Waals surface area contributed by atoms with E-state index in [9.17, 15) is 35.5 Å². The number of hydrogen-bond donors (Lipinski definition) is 2. The number of aliphatic hydroxyl groups is 1. The van der Waals surface area contributed by atoms with E-state index in [-0.39, 0.29) is 12.3 Å². The van der Waals surface area contributed by atoms with Crippen LogP contribution < -0.4 is 4.72 Å². The van der Waals surface area contributed by atoms with Gasteiger partial charge in [0.05, 0.1) is 6.10 Å². The van der Waals surface area contributed by atoms with Crippen molar-refractivity contribution in [2.45, 2.75) is 31.3 Å². The Morgan fingerprint density at radius 3 is 1.77 bits per heavy atom. The lowest BCUT2D eigenvalue weighted by Crippen LogP contribution is -2.34. The van der Waals surface area contributed by atoms with Crippen LogP contribution in [0.1, 0.15) is 20.3 Å². The number of hydrogen-bond acceptors (Lipinski definition) is 3. The van der Waals surface area contributed by atoms with Crippen molar-refractivity contribution in [2.24, 2.45) is 5.92 Å². The van der Waals surface area contributed by atoms with Crippen LogP contribution in [0.2, 0.25) is 0 Å². The maximum absolute atomic E-state index is 13.4. The summed E-state index contributed by atoms with van der Waals surface area (Å²) in [5.74, 6) is -12.1. The fraction of sp³-hybridized carbons (Fsp3) is 0.500. The number of aliphatic hydroxyl groups excluding tert-OH is 1. The van der Waals surface area contributed by atoms with Gasteiger partial charge in [0.2, 0.25) is 15.8 Å². The fourth-order valence-electron chi connectivity index (χ4n) is 1.73. The van der Waals surface area contributed by atoms with Crippen molar-refractivity contribution in [1.29, 1.82) is 0 Å². The van der Waals surface area contributed by atoms with Crippen LogP contribution in [0.5, 0.6) is 0 Å². The van der Waals surface area contributed by atoms with Crippen LogP contribution in [0.15, 0.2) is 4.90 Å². The highest BCUT2D eigenvalue weighted by Gasteiger charge is 2.33. The van der Waals surface area contributed by atoms with Gasteiger partial charge in [-0.3, -0.25) is 0 Å². The third-order valence-electron chi connectivity index (χ3n) is 2.69. The summed E-state index contributed by atoms with van der Waals surface area (Å²) in [6, 6.07) is 0. The molecule has 1 rings (SSSR count). The Balaban J connectivity index is 3.14. The number of halogens is 5. The minimum atomic E-state index is -5.02. The maximum atomic E-state index is 13.4. The van der Waals surface area contributed by atoms with Crippen molar-refractivity contribution in [2.75, 3.05) is 6.54 Å². The van der Waals surface area contributed by atoms with E-state index in [4.69, 9.17) is 0 Å². The van der Waals surface area contributed by atoms with E-state index in [1.165, 1.54) is 0 Å². The summed E-state index contributed by atoms with van der Waals surface area (Å²) in [6.07, 6.45) is -0.990. The summed E-state index contributed by atoms with van der Waals surface area (Å²) < 4.78 is 90.8. The van der Waals surface area contributed by atoms with Crippen molar-refractivity contribution in [3.05, 3.63) is 29.1 Å². The minimum absolute atomic E-state index is 0.00804. The Labute approximate surface area is 124 Å². The molecular formula is C12H14F5NO3S. The normalized spacial score (nSPS) is 13.7. The molecule has 10 heteroatoms. The molecule has 1 unspecified atom stereocenters. The van der Waals surface area contributed by atoms with Gasteiger partial charge in [0, 0.05) is 6.54 Å². The number of nitrogens with one attached hydrogen (secondary N) is 1. The second kappa shape index (κ2) is 6.88. The molecule has 0 heterocycles. The van der Waals surface area contributed by atoms with Crippen molar-refractivity contribution < 1.29 is 35.5 Å². The average molecular weight is 347 g/mol. The summed E-state index contributed by atoms with van der Waals surface area (Å²) in [5.41, 5.74) is 0. The molecule has 0 fully saturated rings. The first-order chi connectivity index (χ1) is 9.99. The lowest BCUT2D eigenvalue weighted by molar-refractivity contribution is 0.152. The second-order valence-corrected chi connectivity index (χ2v) is 6.74. The molecular weight excluding hydrogens is 333 g/mol. The highest BCUT2D eigenvalue weighted by Crippen LogP contribution is 2.26. The Hall–Kier alpha value is -1.26. The predicted octanol–water partition coefficient (Wildman–Crippen LogP) is 2.07. The molecule has 0 radical (unpaired) electrons. The minimum Gasteiger partial charge on any atom is -0.392 e. The van der Waals surface area contributed by atoms with Gasteiger partial charge in [0.1, 0.15) is 0 Å². The first-order valence-electron chi connectivity index (χ1n) is 6.18. The van der Waals surface area contributed by atoms with E-state index in [0.717, 1.165) is 0 Å². The highest BCUT2D eigenvalue weighted by atomic mass is 32.2. The summed E-state index contributed by atoms with van der Waals surface area (Å²) in [6.45, 7) is 2.85. The van der Waals surface area contributed by atoms with Crippen LogP contribution >= 0.6 is 0 Å². The molecule has 0 aliphatic carbocycles. The summed E-state index contributed by atoms with van der Waals surface area (Å²) in [7, 11) is -5.02. The summed E-state index contributed by atoms with van der Waals surface area (Å²) in [5, 5.41) is 9.50. The van der Waals surface area contributed by atoms with Crippen molar-refractivity contribution in [3.63, 3.8) is 0 Å². The molecule has 0 aliphatic heterocycles. The van der Waals surface area contributed by atoms with E-state index in [0.29, 0.717) is 0 Å². The lowest BCUT2D eigenvalue weighted by atomic mass is 10.1. The van der Waals surface area contributed by atoms with Crippen LogP contribution in [0.3, 0.4) is 0 Å². The third kappa shape index (κ3) is 3.93. The molecule has 1 aromatic rings. The highest BCUT2D eigenvalue weighted by molar-refractivity contribution is 7.89. The van der Waals surface area contributed by atoms with Crippen LogP contribution in [-0.2, 0) is 10.0 Å². The van der Waals surface area contributed by atoms with Gasteiger partial charge in [0.25, 0.3) is 0 Å². The topological polar surface area (TPSA) is 66.4 Å². The third-order valence-corrected chi connectivity index (χ3v) is 4.13. The first-order valence-corrected chi connectivity index (χ1v) is 7.66. The average Bonchev–Trinajstić information content (AvgIpc) is 2.40. The van der Waals surface area contributed by atoms with Crippen molar-refractivity contribution >= 4 is 10.0 Å². The van der Waals surface area contributed by atoms with Gasteiger partial charge in [-0.25, -0.2) is 35.1 Å². The van der Waals surface area contributed by atoms with E-state index in [1.807, 2.05) is 0 Å². The molecule has 0 aromatic heterocycles. The fourth-order valence-corrected chi connectivity index (χ4v) is 2.93. The van der Waals surface area contributed by atoms with Gasteiger partial charge < -0.3 is 5.11 Å². The van der Waals surface area contributed by atoms with Gasteiger partial charge in [-0.1, -0.05) is 13.8 Å². The summed E-state index contributed by atoms with van der Waals surface area (Å²) >= 11 is 0. The zero-order valence-corrected chi connectivity index (χ0v) is 12.4. The van der Waals surface area contributed by atoms with Gasteiger partial charge in [0.15, 0.2) is 28.2 Å². The first kappa shape index (κ1) is 18.8. The monoisotopic (exact) mass is 347 g/mol. The smallest absolute Gasteiger partial charge is 0.246 e. The standard InChI is InChI=1S/C12H14F5NO3S/c1-5(2)3-6(19)4-18-22(20,21)12-10(16)8(14)7(13)9(15)11(12)17/h5-6,18-19H,3-4H2,1-2H3. The Morgan fingerprint density at radius 1 is 0.955 bits per heavy atom. The van der Waals surface area contributed by atoms with Crippen LogP contribution in [0.25, 0.3) is 0 Å². The van der Waals surface area contributed by atoms with Gasteiger partial charge in [-0.2, -0.15) is 0 Å². The van der Waals surface area contributed by atoms with E-state index in [2.05, 4.69) is 0 Å². The Bertz CT molecular complexity index is 634. The molecule has 126 valence electrons. The largest absolute Gasteiger partial charge is 0.392 e. The van der Waals surface area contributed by atoms with Gasteiger partial charge in [-0.15, -0.1) is 0 Å². The quantitative estimate of drug-likeness (QED) is 0.470. The SMILES string of the molecule is CC(C)CC(O)CNS(=O)(=O)c1c(F)c(F)c(F)c(F)c1F. The zero-order chi connectivity index (χ0) is 17.2. The molecule has 0 aliphatic rings. The molecule has 0 saturated heterocycles. The molecule has 22 heavy (non-hydrogen) atoms.